The minimum absolute atomic E-state index is 0.267. The van der Waals surface area contributed by atoms with Gasteiger partial charge in [0, 0.05) is 6.20 Å². The van der Waals surface area contributed by atoms with Crippen molar-refractivity contribution in [1.29, 1.82) is 0 Å². The Hall–Kier alpha value is -0.860. The Balaban J connectivity index is 2.73. The van der Waals surface area contributed by atoms with Gasteiger partial charge in [0.2, 0.25) is 0 Å². The topological polar surface area (TPSA) is 24.4 Å². The molecule has 0 aromatic carbocycles. The van der Waals surface area contributed by atoms with Crippen LogP contribution in [0.1, 0.15) is 6.92 Å². The molecular weight excluding hydrogens is 107 g/mol. The summed E-state index contributed by atoms with van der Waals surface area (Å²) in [5.41, 5.74) is 0.476. The molecule has 0 atom stereocenters. The molecule has 1 N–H and O–H groups in total. The second-order valence-corrected chi connectivity index (χ2v) is 1.60. The third kappa shape index (κ3) is 0.857. The summed E-state index contributed by atoms with van der Waals surface area (Å²) in [6.45, 7) is 2.14. The van der Waals surface area contributed by atoms with Crippen LogP contribution in [-0.2, 0) is 0 Å². The van der Waals surface area contributed by atoms with Crippen LogP contribution < -0.4 is 5.32 Å². The second kappa shape index (κ2) is 1.94. The van der Waals surface area contributed by atoms with E-state index in [4.69, 9.17) is 0 Å². The van der Waals surface area contributed by atoms with E-state index in [2.05, 4.69) is 10.3 Å². The maximum atomic E-state index is 12.2. The molecule has 1 heterocycles. The molecule has 0 spiro atoms. The Morgan fingerprint density at radius 1 is 1.88 bits per heavy atom. The molecule has 0 saturated carbocycles. The zero-order valence-electron chi connectivity index (χ0n) is 4.61. The summed E-state index contributed by atoms with van der Waals surface area (Å²) in [6, 6.07) is 0. The number of nitrogens with zero attached hydrogens (tertiary/aromatic N) is 1. The Morgan fingerprint density at radius 3 is 3.00 bits per heavy atom. The van der Waals surface area contributed by atoms with Gasteiger partial charge < -0.3 is 5.32 Å². The van der Waals surface area contributed by atoms with E-state index < -0.39 is 0 Å². The molecule has 0 radical (unpaired) electrons. The lowest BCUT2D eigenvalue weighted by Crippen LogP contribution is -2.14. The molecule has 1 rings (SSSR count). The zero-order chi connectivity index (χ0) is 5.98. The van der Waals surface area contributed by atoms with Crippen molar-refractivity contribution in [2.45, 2.75) is 6.92 Å². The van der Waals surface area contributed by atoms with Crippen molar-refractivity contribution in [3.63, 3.8) is 0 Å². The maximum Gasteiger partial charge on any atom is 0.159 e. The van der Waals surface area contributed by atoms with Crippen molar-refractivity contribution >= 4 is 5.71 Å². The summed E-state index contributed by atoms with van der Waals surface area (Å²) in [5.74, 6) is -0.267. The van der Waals surface area contributed by atoms with Crippen LogP contribution in [0.4, 0.5) is 4.39 Å². The number of halogens is 1. The van der Waals surface area contributed by atoms with Gasteiger partial charge in [-0.05, 0) is 6.92 Å². The van der Waals surface area contributed by atoms with Crippen LogP contribution in [0.25, 0.3) is 0 Å². The summed E-state index contributed by atoms with van der Waals surface area (Å²) in [4.78, 5) is 3.77. The lowest BCUT2D eigenvalue weighted by atomic mass is 10.3. The molecule has 0 unspecified atom stereocenters. The second-order valence-electron chi connectivity index (χ2n) is 1.60. The SMILES string of the molecule is CC1=NCNC=C1F. The monoisotopic (exact) mass is 114 g/mol. The Morgan fingerprint density at radius 2 is 2.62 bits per heavy atom. The Labute approximate surface area is 47.1 Å². The standard InChI is InChI=1S/C5H7FN2/c1-4-5(6)2-7-3-8-4/h2,7H,3H2,1H3. The number of nitrogens with one attached hydrogen (secondary N) is 1. The van der Waals surface area contributed by atoms with Gasteiger partial charge in [-0.2, -0.15) is 0 Å². The van der Waals surface area contributed by atoms with E-state index in [1.54, 1.807) is 6.92 Å². The number of hydrogen-bond acceptors (Lipinski definition) is 2. The van der Waals surface area contributed by atoms with Crippen LogP contribution in [-0.4, -0.2) is 12.4 Å². The van der Waals surface area contributed by atoms with Crippen LogP contribution in [0.15, 0.2) is 17.0 Å². The van der Waals surface area contributed by atoms with Gasteiger partial charge in [0.05, 0.1) is 5.71 Å². The minimum atomic E-state index is -0.267. The predicted molar refractivity (Wildman–Crippen MR) is 30.3 cm³/mol. The lowest BCUT2D eigenvalue weighted by molar-refractivity contribution is 0.652. The molecule has 0 aliphatic carbocycles. The van der Waals surface area contributed by atoms with Gasteiger partial charge in [0.1, 0.15) is 6.67 Å². The molecule has 3 heteroatoms. The number of hydrogen-bond donors (Lipinski definition) is 1. The molecule has 0 aromatic rings. The van der Waals surface area contributed by atoms with Crippen LogP contribution in [0.5, 0.6) is 0 Å². The zero-order valence-corrected chi connectivity index (χ0v) is 4.61. The van der Waals surface area contributed by atoms with Gasteiger partial charge in [-0.3, -0.25) is 4.99 Å². The van der Waals surface area contributed by atoms with Crippen molar-refractivity contribution in [2.24, 2.45) is 4.99 Å². The first-order valence-corrected chi connectivity index (χ1v) is 2.41. The first kappa shape index (κ1) is 5.28. The van der Waals surface area contributed by atoms with E-state index in [1.807, 2.05) is 0 Å². The molecule has 0 saturated heterocycles. The third-order valence-corrected chi connectivity index (χ3v) is 0.982. The van der Waals surface area contributed by atoms with E-state index in [0.29, 0.717) is 12.4 Å². The molecule has 8 heavy (non-hydrogen) atoms. The number of aliphatic imine (C=N–C) groups is 1. The van der Waals surface area contributed by atoms with Crippen LogP contribution in [0.3, 0.4) is 0 Å². The average Bonchev–Trinajstić information content (AvgIpc) is 1.77. The van der Waals surface area contributed by atoms with Gasteiger partial charge >= 0.3 is 0 Å². The molecule has 44 valence electrons. The molecule has 2 nitrogen and oxygen atoms in total. The van der Waals surface area contributed by atoms with E-state index in [-0.39, 0.29) is 5.83 Å². The predicted octanol–water partition coefficient (Wildman–Crippen LogP) is 0.819. The van der Waals surface area contributed by atoms with Crippen molar-refractivity contribution in [3.05, 3.63) is 12.0 Å². The van der Waals surface area contributed by atoms with Crippen molar-refractivity contribution in [3.8, 4) is 0 Å². The first-order chi connectivity index (χ1) is 3.80. The fraction of sp³-hybridized carbons (Fsp3) is 0.400. The van der Waals surface area contributed by atoms with Gasteiger partial charge in [0.25, 0.3) is 0 Å². The molecule has 0 aromatic heterocycles. The quantitative estimate of drug-likeness (QED) is 0.495. The summed E-state index contributed by atoms with van der Waals surface area (Å²) >= 11 is 0. The normalized spacial score (nSPS) is 18.8. The largest absolute Gasteiger partial charge is 0.370 e. The van der Waals surface area contributed by atoms with Crippen LogP contribution >= 0.6 is 0 Å². The fourth-order valence-corrected chi connectivity index (χ4v) is 0.479. The Bertz CT molecular complexity index is 131. The summed E-state index contributed by atoms with van der Waals surface area (Å²) in [7, 11) is 0. The molecule has 0 bridgehead atoms. The van der Waals surface area contributed by atoms with Gasteiger partial charge in [-0.25, -0.2) is 4.39 Å². The molecule has 1 aliphatic rings. The van der Waals surface area contributed by atoms with Gasteiger partial charge in [0.15, 0.2) is 5.83 Å². The minimum Gasteiger partial charge on any atom is -0.370 e. The lowest BCUT2D eigenvalue weighted by Gasteiger charge is -2.04. The molecule has 0 fully saturated rings. The van der Waals surface area contributed by atoms with E-state index in [9.17, 15) is 4.39 Å². The molecule has 0 amide bonds. The maximum absolute atomic E-state index is 12.2. The van der Waals surface area contributed by atoms with E-state index in [0.717, 1.165) is 0 Å². The third-order valence-electron chi connectivity index (χ3n) is 0.982. The van der Waals surface area contributed by atoms with Crippen molar-refractivity contribution < 1.29 is 4.39 Å². The van der Waals surface area contributed by atoms with Crippen LogP contribution in [0.2, 0.25) is 0 Å². The smallest absolute Gasteiger partial charge is 0.159 e. The molecular formula is C5H7FN2. The Kier molecular flexibility index (Phi) is 1.28. The summed E-state index contributed by atoms with van der Waals surface area (Å²) in [6.07, 6.45) is 1.32. The number of rotatable bonds is 0. The van der Waals surface area contributed by atoms with Gasteiger partial charge in [-0.1, -0.05) is 0 Å². The van der Waals surface area contributed by atoms with Crippen molar-refractivity contribution in [2.75, 3.05) is 6.67 Å². The fourth-order valence-electron chi connectivity index (χ4n) is 0.479. The highest BCUT2D eigenvalue weighted by molar-refractivity contribution is 5.96. The number of allylic oxidation sites excluding steroid dienone is 1. The molecule has 1 aliphatic heterocycles. The van der Waals surface area contributed by atoms with Crippen molar-refractivity contribution in [1.82, 2.24) is 5.32 Å². The average molecular weight is 114 g/mol. The van der Waals surface area contributed by atoms with E-state index in [1.165, 1.54) is 6.20 Å². The summed E-state index contributed by atoms with van der Waals surface area (Å²) < 4.78 is 12.2. The van der Waals surface area contributed by atoms with Crippen LogP contribution in [0, 0.1) is 0 Å². The highest BCUT2D eigenvalue weighted by Crippen LogP contribution is 2.00. The highest BCUT2D eigenvalue weighted by Gasteiger charge is 2.01. The highest BCUT2D eigenvalue weighted by atomic mass is 19.1. The summed E-state index contributed by atoms with van der Waals surface area (Å²) in [5, 5.41) is 2.64. The first-order valence-electron chi connectivity index (χ1n) is 2.41. The van der Waals surface area contributed by atoms with E-state index >= 15 is 0 Å². The van der Waals surface area contributed by atoms with Gasteiger partial charge in [-0.15, -0.1) is 0 Å².